The molecule has 0 aliphatic carbocycles. The van der Waals surface area contributed by atoms with Gasteiger partial charge in [-0.1, -0.05) is 6.07 Å². The van der Waals surface area contributed by atoms with E-state index in [-0.39, 0.29) is 0 Å². The Morgan fingerprint density at radius 2 is 2.16 bits per heavy atom. The van der Waals surface area contributed by atoms with Crippen molar-refractivity contribution in [2.45, 2.75) is 12.8 Å². The number of fused-ring (bicyclic) bond motifs is 1. The minimum atomic E-state index is 0.333. The molecule has 0 bridgehead atoms. The molecule has 3 aromatic rings. The molecule has 3 rings (SSSR count). The summed E-state index contributed by atoms with van der Waals surface area (Å²) in [7, 11) is 0. The highest BCUT2D eigenvalue weighted by atomic mass is 35.5. The van der Waals surface area contributed by atoms with Crippen LogP contribution in [0.25, 0.3) is 5.65 Å². The van der Waals surface area contributed by atoms with Crippen molar-refractivity contribution < 1.29 is 4.74 Å². The first-order valence-corrected chi connectivity index (χ1v) is 6.44. The number of ether oxygens (including phenoxy) is 1. The maximum atomic E-state index is 5.99. The van der Waals surface area contributed by atoms with Gasteiger partial charge in [-0.15, -0.1) is 11.6 Å². The zero-order valence-corrected chi connectivity index (χ0v) is 11.1. The van der Waals surface area contributed by atoms with Crippen LogP contribution in [0.3, 0.4) is 0 Å². The standard InChI is InChI=1S/C14H12ClN3O/c1-10-5-6-11(9-16-10)19-14-12(8-15)18-7-3-2-4-13(18)17-14/h2-7,9H,8H2,1H3. The van der Waals surface area contributed by atoms with Gasteiger partial charge in [-0.2, -0.15) is 4.98 Å². The fourth-order valence-electron chi connectivity index (χ4n) is 1.85. The summed E-state index contributed by atoms with van der Waals surface area (Å²) < 4.78 is 7.68. The molecule has 4 nitrogen and oxygen atoms in total. The molecule has 0 unspecified atom stereocenters. The van der Waals surface area contributed by atoms with Gasteiger partial charge in [-0.25, -0.2) is 0 Å². The highest BCUT2D eigenvalue weighted by Gasteiger charge is 2.13. The molecule has 0 aliphatic rings. The molecule has 0 aliphatic heterocycles. The Kier molecular flexibility index (Phi) is 3.09. The Bertz CT molecular complexity index is 706. The fourth-order valence-corrected chi connectivity index (χ4v) is 2.10. The maximum Gasteiger partial charge on any atom is 0.242 e. The fraction of sp³-hybridized carbons (Fsp3) is 0.143. The number of alkyl halides is 1. The lowest BCUT2D eigenvalue weighted by molar-refractivity contribution is 0.459. The van der Waals surface area contributed by atoms with Crippen molar-refractivity contribution in [2.24, 2.45) is 0 Å². The molecule has 19 heavy (non-hydrogen) atoms. The van der Waals surface area contributed by atoms with Crippen LogP contribution in [0.15, 0.2) is 42.7 Å². The zero-order chi connectivity index (χ0) is 13.2. The number of pyridine rings is 2. The SMILES string of the molecule is Cc1ccc(Oc2nc3ccccn3c2CCl)cn1. The molecular weight excluding hydrogens is 262 g/mol. The molecule has 0 radical (unpaired) electrons. The van der Waals surface area contributed by atoms with Crippen LogP contribution in [0.4, 0.5) is 0 Å². The Labute approximate surface area is 115 Å². The van der Waals surface area contributed by atoms with E-state index in [1.807, 2.05) is 47.9 Å². The summed E-state index contributed by atoms with van der Waals surface area (Å²) in [6.07, 6.45) is 3.59. The van der Waals surface area contributed by atoms with Crippen LogP contribution in [0, 0.1) is 6.92 Å². The molecule has 0 atom stereocenters. The molecule has 0 fully saturated rings. The van der Waals surface area contributed by atoms with Crippen molar-refractivity contribution in [1.29, 1.82) is 0 Å². The molecule has 0 N–H and O–H groups in total. The zero-order valence-electron chi connectivity index (χ0n) is 10.4. The van der Waals surface area contributed by atoms with E-state index in [0.29, 0.717) is 17.5 Å². The van der Waals surface area contributed by atoms with E-state index in [9.17, 15) is 0 Å². The van der Waals surface area contributed by atoms with Crippen LogP contribution in [0.1, 0.15) is 11.4 Å². The minimum absolute atomic E-state index is 0.333. The van der Waals surface area contributed by atoms with Crippen molar-refractivity contribution in [3.05, 3.63) is 54.1 Å². The van der Waals surface area contributed by atoms with Gasteiger partial charge < -0.3 is 4.74 Å². The summed E-state index contributed by atoms with van der Waals surface area (Å²) in [5.74, 6) is 1.51. The third kappa shape index (κ3) is 2.27. The van der Waals surface area contributed by atoms with Gasteiger partial charge in [0.2, 0.25) is 5.88 Å². The van der Waals surface area contributed by atoms with E-state index in [0.717, 1.165) is 17.0 Å². The molecule has 0 saturated heterocycles. The number of rotatable bonds is 3. The summed E-state index contributed by atoms with van der Waals surface area (Å²) in [6.45, 7) is 1.93. The van der Waals surface area contributed by atoms with Gasteiger partial charge in [0.1, 0.15) is 17.1 Å². The third-order valence-electron chi connectivity index (χ3n) is 2.82. The minimum Gasteiger partial charge on any atom is -0.436 e. The van der Waals surface area contributed by atoms with E-state index in [1.165, 1.54) is 0 Å². The number of halogens is 1. The van der Waals surface area contributed by atoms with Crippen molar-refractivity contribution in [3.8, 4) is 11.6 Å². The highest BCUT2D eigenvalue weighted by Crippen LogP contribution is 2.26. The van der Waals surface area contributed by atoms with Crippen LogP contribution in [0.2, 0.25) is 0 Å². The Morgan fingerprint density at radius 1 is 1.26 bits per heavy atom. The molecule has 3 aromatic heterocycles. The number of aromatic nitrogens is 3. The van der Waals surface area contributed by atoms with Crippen molar-refractivity contribution in [1.82, 2.24) is 14.4 Å². The topological polar surface area (TPSA) is 39.4 Å². The van der Waals surface area contributed by atoms with Gasteiger partial charge in [0.25, 0.3) is 0 Å². The lowest BCUT2D eigenvalue weighted by Crippen LogP contribution is -1.92. The summed E-state index contributed by atoms with van der Waals surface area (Å²) in [5.41, 5.74) is 2.59. The average molecular weight is 274 g/mol. The third-order valence-corrected chi connectivity index (χ3v) is 3.07. The molecule has 0 spiro atoms. The second-order valence-corrected chi connectivity index (χ2v) is 4.43. The second kappa shape index (κ2) is 4.90. The monoisotopic (exact) mass is 273 g/mol. The number of hydrogen-bond donors (Lipinski definition) is 0. The van der Waals surface area contributed by atoms with E-state index >= 15 is 0 Å². The van der Waals surface area contributed by atoms with E-state index in [2.05, 4.69) is 9.97 Å². The van der Waals surface area contributed by atoms with Crippen LogP contribution < -0.4 is 4.74 Å². The van der Waals surface area contributed by atoms with Gasteiger partial charge >= 0.3 is 0 Å². The van der Waals surface area contributed by atoms with Gasteiger partial charge in [0, 0.05) is 11.9 Å². The van der Waals surface area contributed by atoms with Crippen LogP contribution in [-0.2, 0) is 5.88 Å². The lowest BCUT2D eigenvalue weighted by atomic mass is 10.4. The molecule has 0 aromatic carbocycles. The average Bonchev–Trinajstić information content (AvgIpc) is 2.78. The highest BCUT2D eigenvalue weighted by molar-refractivity contribution is 6.17. The van der Waals surface area contributed by atoms with Crippen molar-refractivity contribution in [3.63, 3.8) is 0 Å². The number of nitrogens with zero attached hydrogens (tertiary/aromatic N) is 3. The lowest BCUT2D eigenvalue weighted by Gasteiger charge is -2.04. The molecule has 5 heteroatoms. The number of aryl methyl sites for hydroxylation is 1. The summed E-state index contributed by atoms with van der Waals surface area (Å²) >= 11 is 5.99. The quantitative estimate of drug-likeness (QED) is 0.685. The summed E-state index contributed by atoms with van der Waals surface area (Å²) in [5, 5.41) is 0. The van der Waals surface area contributed by atoms with Crippen LogP contribution in [-0.4, -0.2) is 14.4 Å². The predicted octanol–water partition coefficient (Wildman–Crippen LogP) is 3.57. The summed E-state index contributed by atoms with van der Waals surface area (Å²) in [4.78, 5) is 8.62. The molecule has 96 valence electrons. The Hall–Kier alpha value is -2.07. The van der Waals surface area contributed by atoms with Gasteiger partial charge in [0.15, 0.2) is 0 Å². The van der Waals surface area contributed by atoms with Crippen LogP contribution >= 0.6 is 11.6 Å². The van der Waals surface area contributed by atoms with Crippen LogP contribution in [0.5, 0.6) is 11.6 Å². The van der Waals surface area contributed by atoms with Gasteiger partial charge in [-0.05, 0) is 31.2 Å². The molecule has 0 amide bonds. The number of hydrogen-bond acceptors (Lipinski definition) is 3. The first kappa shape index (κ1) is 12.0. The second-order valence-electron chi connectivity index (χ2n) is 4.16. The van der Waals surface area contributed by atoms with E-state index in [4.69, 9.17) is 16.3 Å². The first-order valence-electron chi connectivity index (χ1n) is 5.90. The normalized spacial score (nSPS) is 10.8. The van der Waals surface area contributed by atoms with Gasteiger partial charge in [-0.3, -0.25) is 9.38 Å². The maximum absolute atomic E-state index is 5.99. The molecule has 3 heterocycles. The first-order chi connectivity index (χ1) is 9.28. The number of imidazole rings is 1. The smallest absolute Gasteiger partial charge is 0.242 e. The predicted molar refractivity (Wildman–Crippen MR) is 73.8 cm³/mol. The van der Waals surface area contributed by atoms with Crippen molar-refractivity contribution in [2.75, 3.05) is 0 Å². The molecule has 0 saturated carbocycles. The largest absolute Gasteiger partial charge is 0.436 e. The Morgan fingerprint density at radius 3 is 2.89 bits per heavy atom. The van der Waals surface area contributed by atoms with E-state index in [1.54, 1.807) is 6.20 Å². The van der Waals surface area contributed by atoms with Gasteiger partial charge in [0.05, 0.1) is 12.1 Å². The molecular formula is C14H12ClN3O. The van der Waals surface area contributed by atoms with E-state index < -0.39 is 0 Å². The summed E-state index contributed by atoms with van der Waals surface area (Å²) in [6, 6.07) is 9.53. The Balaban J connectivity index is 2.02. The van der Waals surface area contributed by atoms with Crippen molar-refractivity contribution >= 4 is 17.2 Å².